The molecule has 5 nitrogen and oxygen atoms in total. The molecule has 2 aromatic rings. The van der Waals surface area contributed by atoms with Crippen LogP contribution in [0.4, 0.5) is 14.5 Å². The fourth-order valence-corrected chi connectivity index (χ4v) is 2.98. The zero-order valence-electron chi connectivity index (χ0n) is 17.8. The van der Waals surface area contributed by atoms with E-state index in [1.54, 1.807) is 32.0 Å². The summed E-state index contributed by atoms with van der Waals surface area (Å²) in [5, 5.41) is 5.34. The SMILES string of the molecule is Cc1cc(-c2ccc(NC(C)C)cc2F)c(C)cc1/C=C(/F)C(=O)N[C@H](C)C(N)=O. The van der Waals surface area contributed by atoms with Crippen molar-refractivity contribution in [1.29, 1.82) is 0 Å². The molecular formula is C23H27F2N3O2. The molecular weight excluding hydrogens is 388 g/mol. The van der Waals surface area contributed by atoms with Gasteiger partial charge >= 0.3 is 0 Å². The second-order valence-corrected chi connectivity index (χ2v) is 7.61. The van der Waals surface area contributed by atoms with Crippen molar-refractivity contribution in [1.82, 2.24) is 5.32 Å². The number of halogens is 2. The maximum atomic E-state index is 14.7. The molecule has 0 heterocycles. The third kappa shape index (κ3) is 5.65. The van der Waals surface area contributed by atoms with Crippen LogP contribution >= 0.6 is 0 Å². The van der Waals surface area contributed by atoms with Gasteiger partial charge in [-0.15, -0.1) is 0 Å². The first-order chi connectivity index (χ1) is 14.0. The molecule has 2 rings (SSSR count). The number of hydrogen-bond donors (Lipinski definition) is 3. The van der Waals surface area contributed by atoms with Crippen LogP contribution in [0.25, 0.3) is 17.2 Å². The molecule has 30 heavy (non-hydrogen) atoms. The average molecular weight is 415 g/mol. The predicted octanol–water partition coefficient (Wildman–Crippen LogP) is 4.23. The summed E-state index contributed by atoms with van der Waals surface area (Å²) in [6.45, 7) is 8.85. The minimum Gasteiger partial charge on any atom is -0.383 e. The molecule has 0 aliphatic rings. The van der Waals surface area contributed by atoms with Crippen LogP contribution in [0.5, 0.6) is 0 Å². The fourth-order valence-electron chi connectivity index (χ4n) is 2.98. The van der Waals surface area contributed by atoms with Crippen LogP contribution in [-0.4, -0.2) is 23.9 Å². The van der Waals surface area contributed by atoms with Gasteiger partial charge in [-0.2, -0.15) is 0 Å². The van der Waals surface area contributed by atoms with Crippen molar-refractivity contribution in [2.24, 2.45) is 5.73 Å². The van der Waals surface area contributed by atoms with Gasteiger partial charge in [0.15, 0.2) is 5.83 Å². The van der Waals surface area contributed by atoms with Crippen LogP contribution < -0.4 is 16.4 Å². The molecule has 0 saturated heterocycles. The van der Waals surface area contributed by atoms with Crippen molar-refractivity contribution in [3.05, 3.63) is 58.7 Å². The highest BCUT2D eigenvalue weighted by molar-refractivity contribution is 5.98. The first-order valence-corrected chi connectivity index (χ1v) is 9.64. The summed E-state index contributed by atoms with van der Waals surface area (Å²) >= 11 is 0. The lowest BCUT2D eigenvalue weighted by molar-refractivity contribution is -0.125. The van der Waals surface area contributed by atoms with Crippen LogP contribution in [0, 0.1) is 19.7 Å². The van der Waals surface area contributed by atoms with Crippen LogP contribution in [0.2, 0.25) is 0 Å². The van der Waals surface area contributed by atoms with Crippen molar-refractivity contribution in [2.75, 3.05) is 5.32 Å². The normalized spacial score (nSPS) is 12.6. The molecule has 7 heteroatoms. The summed E-state index contributed by atoms with van der Waals surface area (Å²) in [7, 11) is 0. The van der Waals surface area contributed by atoms with Gasteiger partial charge in [0.2, 0.25) is 5.91 Å². The van der Waals surface area contributed by atoms with E-state index >= 15 is 0 Å². The second-order valence-electron chi connectivity index (χ2n) is 7.61. The van der Waals surface area contributed by atoms with Crippen molar-refractivity contribution in [3.63, 3.8) is 0 Å². The quantitative estimate of drug-likeness (QED) is 0.592. The summed E-state index contributed by atoms with van der Waals surface area (Å²) < 4.78 is 29.0. The molecule has 0 unspecified atom stereocenters. The Kier molecular flexibility index (Phi) is 7.32. The largest absolute Gasteiger partial charge is 0.383 e. The first kappa shape index (κ1) is 23.1. The van der Waals surface area contributed by atoms with E-state index in [0.29, 0.717) is 27.9 Å². The van der Waals surface area contributed by atoms with Gasteiger partial charge in [-0.3, -0.25) is 9.59 Å². The molecule has 160 valence electrons. The van der Waals surface area contributed by atoms with Gasteiger partial charge in [0.05, 0.1) is 0 Å². The highest BCUT2D eigenvalue weighted by Gasteiger charge is 2.17. The number of primary amides is 1. The van der Waals surface area contributed by atoms with Gasteiger partial charge in [-0.1, -0.05) is 12.1 Å². The smallest absolute Gasteiger partial charge is 0.280 e. The molecule has 0 spiro atoms. The summed E-state index contributed by atoms with van der Waals surface area (Å²) in [6.07, 6.45) is 1.08. The number of amides is 2. The lowest BCUT2D eigenvalue weighted by Gasteiger charge is -2.14. The van der Waals surface area contributed by atoms with Gasteiger partial charge in [-0.25, -0.2) is 8.78 Å². The maximum absolute atomic E-state index is 14.7. The van der Waals surface area contributed by atoms with Gasteiger partial charge in [-0.05, 0) is 81.1 Å². The first-order valence-electron chi connectivity index (χ1n) is 9.64. The Bertz CT molecular complexity index is 1000. The number of nitrogens with one attached hydrogen (secondary N) is 2. The number of carbonyl (C=O) groups is 2. The third-order valence-corrected chi connectivity index (χ3v) is 4.60. The standard InChI is InChI=1S/C23H27F2N3O2/c1-12(2)27-17-6-7-18(20(24)11-17)19-9-13(3)16(8-14(19)4)10-21(25)23(30)28-15(5)22(26)29/h6-12,15,27H,1-5H3,(H2,26,29)(H,28,30)/b21-10+/t15-/m1/s1. The Morgan fingerprint density at radius 2 is 1.70 bits per heavy atom. The highest BCUT2D eigenvalue weighted by Crippen LogP contribution is 2.31. The van der Waals surface area contributed by atoms with E-state index in [0.717, 1.165) is 11.6 Å². The summed E-state index contributed by atoms with van der Waals surface area (Å²) in [5.41, 5.74) is 8.77. The van der Waals surface area contributed by atoms with E-state index in [1.807, 2.05) is 19.9 Å². The van der Waals surface area contributed by atoms with E-state index in [9.17, 15) is 18.4 Å². The molecule has 1 atom stereocenters. The predicted molar refractivity (Wildman–Crippen MR) is 116 cm³/mol. The Balaban J connectivity index is 2.34. The Hall–Kier alpha value is -3.22. The van der Waals surface area contributed by atoms with E-state index in [-0.39, 0.29) is 11.9 Å². The Morgan fingerprint density at radius 3 is 2.27 bits per heavy atom. The Labute approximate surface area is 175 Å². The number of benzene rings is 2. The van der Waals surface area contributed by atoms with Crippen molar-refractivity contribution >= 4 is 23.6 Å². The van der Waals surface area contributed by atoms with Crippen molar-refractivity contribution < 1.29 is 18.4 Å². The molecule has 0 radical (unpaired) electrons. The van der Waals surface area contributed by atoms with Gasteiger partial charge < -0.3 is 16.4 Å². The molecule has 0 saturated carbocycles. The molecule has 0 aromatic heterocycles. The lowest BCUT2D eigenvalue weighted by Crippen LogP contribution is -2.42. The van der Waals surface area contributed by atoms with Crippen LogP contribution in [-0.2, 0) is 9.59 Å². The highest BCUT2D eigenvalue weighted by atomic mass is 19.1. The number of hydrogen-bond acceptors (Lipinski definition) is 3. The number of carbonyl (C=O) groups excluding carboxylic acids is 2. The van der Waals surface area contributed by atoms with Crippen LogP contribution in [0.3, 0.4) is 0 Å². The summed E-state index contributed by atoms with van der Waals surface area (Å²) in [4.78, 5) is 22.9. The van der Waals surface area contributed by atoms with E-state index in [1.165, 1.54) is 13.0 Å². The number of rotatable bonds is 7. The van der Waals surface area contributed by atoms with Gasteiger partial charge in [0, 0.05) is 17.3 Å². The second kappa shape index (κ2) is 9.52. The molecule has 4 N–H and O–H groups in total. The minimum atomic E-state index is -1.05. The van der Waals surface area contributed by atoms with Crippen molar-refractivity contribution in [3.8, 4) is 11.1 Å². The van der Waals surface area contributed by atoms with Gasteiger partial charge in [0.1, 0.15) is 11.9 Å². The van der Waals surface area contributed by atoms with E-state index in [2.05, 4.69) is 10.6 Å². The zero-order valence-corrected chi connectivity index (χ0v) is 17.8. The molecule has 0 aliphatic carbocycles. The molecule has 0 aliphatic heterocycles. The molecule has 0 fully saturated rings. The topological polar surface area (TPSA) is 84.2 Å². The average Bonchev–Trinajstić information content (AvgIpc) is 2.64. The Morgan fingerprint density at radius 1 is 1.03 bits per heavy atom. The third-order valence-electron chi connectivity index (χ3n) is 4.60. The van der Waals surface area contributed by atoms with Gasteiger partial charge in [0.25, 0.3) is 5.91 Å². The van der Waals surface area contributed by atoms with Crippen LogP contribution in [0.15, 0.2) is 36.2 Å². The minimum absolute atomic E-state index is 0.184. The number of nitrogens with two attached hydrogens (primary N) is 1. The summed E-state index contributed by atoms with van der Waals surface area (Å²) in [6, 6.07) is 7.60. The molecule has 0 bridgehead atoms. The monoisotopic (exact) mass is 415 g/mol. The zero-order chi connectivity index (χ0) is 22.6. The summed E-state index contributed by atoms with van der Waals surface area (Å²) in [5.74, 6) is -3.20. The maximum Gasteiger partial charge on any atom is 0.280 e. The van der Waals surface area contributed by atoms with E-state index in [4.69, 9.17) is 5.73 Å². The van der Waals surface area contributed by atoms with E-state index < -0.39 is 23.7 Å². The number of aryl methyl sites for hydroxylation is 2. The number of anilines is 1. The van der Waals surface area contributed by atoms with Crippen molar-refractivity contribution in [2.45, 2.75) is 46.7 Å². The molecule has 2 amide bonds. The van der Waals surface area contributed by atoms with Crippen LogP contribution in [0.1, 0.15) is 37.5 Å². The molecule has 2 aromatic carbocycles. The lowest BCUT2D eigenvalue weighted by atomic mass is 9.94. The fraction of sp³-hybridized carbons (Fsp3) is 0.304.